The zero-order valence-corrected chi connectivity index (χ0v) is 13.5. The fourth-order valence-corrected chi connectivity index (χ4v) is 3.62. The zero-order chi connectivity index (χ0) is 13.6. The minimum atomic E-state index is -0.652. The maximum Gasteiger partial charge on any atom is 0.243 e. The van der Waals surface area contributed by atoms with Gasteiger partial charge in [0, 0.05) is 36.4 Å². The first kappa shape index (κ1) is 15.4. The SMILES string of the molecule is SC1(SCCOCCSC2(S)N=CC=N2)N=CC=N1. The Hall–Kier alpha value is 0.0400. The molecule has 0 aliphatic carbocycles. The van der Waals surface area contributed by atoms with Gasteiger partial charge in [0.05, 0.1) is 13.2 Å². The van der Waals surface area contributed by atoms with Gasteiger partial charge in [0.25, 0.3) is 0 Å². The molecule has 9 heteroatoms. The summed E-state index contributed by atoms with van der Waals surface area (Å²) in [5, 5.41) is 0. The topological polar surface area (TPSA) is 58.7 Å². The third kappa shape index (κ3) is 5.14. The van der Waals surface area contributed by atoms with Crippen molar-refractivity contribution < 1.29 is 4.74 Å². The summed E-state index contributed by atoms with van der Waals surface area (Å²) in [5.41, 5.74) is 0. The van der Waals surface area contributed by atoms with Crippen LogP contribution in [0, 0.1) is 0 Å². The number of hydrogen-bond donors (Lipinski definition) is 2. The van der Waals surface area contributed by atoms with Crippen LogP contribution < -0.4 is 0 Å². The highest BCUT2D eigenvalue weighted by Crippen LogP contribution is 2.34. The van der Waals surface area contributed by atoms with Crippen molar-refractivity contribution in [1.29, 1.82) is 0 Å². The molecule has 2 rings (SSSR count). The average molecular weight is 335 g/mol. The van der Waals surface area contributed by atoms with E-state index in [0.29, 0.717) is 13.2 Å². The van der Waals surface area contributed by atoms with Gasteiger partial charge < -0.3 is 4.74 Å². The molecule has 0 bridgehead atoms. The first-order chi connectivity index (χ1) is 9.12. The molecular formula is C10H14N4OS4. The highest BCUT2D eigenvalue weighted by Gasteiger charge is 2.25. The maximum absolute atomic E-state index is 5.53. The van der Waals surface area contributed by atoms with E-state index in [-0.39, 0.29) is 0 Å². The molecule has 104 valence electrons. The molecule has 0 saturated heterocycles. The van der Waals surface area contributed by atoms with Crippen molar-refractivity contribution in [3.63, 3.8) is 0 Å². The van der Waals surface area contributed by atoms with E-state index in [1.54, 1.807) is 48.4 Å². The van der Waals surface area contributed by atoms with Gasteiger partial charge >= 0.3 is 0 Å². The normalized spacial score (nSPS) is 21.6. The van der Waals surface area contributed by atoms with Crippen LogP contribution in [0.1, 0.15) is 0 Å². The molecule has 0 unspecified atom stereocenters. The molecule has 0 atom stereocenters. The molecule has 0 spiro atoms. The molecule has 0 fully saturated rings. The lowest BCUT2D eigenvalue weighted by atomic mass is 10.8. The summed E-state index contributed by atoms with van der Waals surface area (Å²) in [4.78, 5) is 16.6. The first-order valence-corrected chi connectivity index (χ1v) is 8.47. The van der Waals surface area contributed by atoms with Gasteiger partial charge in [-0.25, -0.2) is 20.0 Å². The van der Waals surface area contributed by atoms with Gasteiger partial charge in [-0.1, -0.05) is 23.5 Å². The molecule has 0 N–H and O–H groups in total. The van der Waals surface area contributed by atoms with Crippen molar-refractivity contribution >= 4 is 73.6 Å². The Morgan fingerprint density at radius 2 is 1.16 bits per heavy atom. The predicted octanol–water partition coefficient (Wildman–Crippen LogP) is 1.86. The zero-order valence-electron chi connectivity index (χ0n) is 10.0. The molecule has 0 radical (unpaired) electrons. The van der Waals surface area contributed by atoms with Crippen LogP contribution in [0.5, 0.6) is 0 Å². The first-order valence-electron chi connectivity index (χ1n) is 5.60. The summed E-state index contributed by atoms with van der Waals surface area (Å²) >= 11 is 11.8. The standard InChI is InChI=1S/C10H14N4OS4/c16-9(11-1-2-12-9)18-7-5-15-6-8-19-10(17)13-3-4-14-10/h1-4,16-17H,5-8H2. The van der Waals surface area contributed by atoms with Crippen LogP contribution in [0.2, 0.25) is 0 Å². The fourth-order valence-electron chi connectivity index (χ4n) is 1.31. The second-order valence-corrected chi connectivity index (χ2v) is 7.95. The van der Waals surface area contributed by atoms with Crippen molar-refractivity contribution in [2.24, 2.45) is 20.0 Å². The van der Waals surface area contributed by atoms with E-state index in [1.165, 1.54) is 0 Å². The van der Waals surface area contributed by atoms with Crippen LogP contribution in [0.3, 0.4) is 0 Å². The van der Waals surface area contributed by atoms with Crippen molar-refractivity contribution in [3.8, 4) is 0 Å². The Kier molecular flexibility index (Phi) is 5.82. The molecule has 2 heterocycles. The minimum Gasteiger partial charge on any atom is -0.380 e. The van der Waals surface area contributed by atoms with Crippen LogP contribution in [0.25, 0.3) is 0 Å². The third-order valence-electron chi connectivity index (χ3n) is 2.15. The summed E-state index contributed by atoms with van der Waals surface area (Å²) in [5.74, 6) is 1.59. The number of nitrogens with zero attached hydrogens (tertiary/aromatic N) is 4. The molecule has 2 aliphatic rings. The molecule has 5 nitrogen and oxygen atoms in total. The Morgan fingerprint density at radius 3 is 1.53 bits per heavy atom. The Balaban J connectivity index is 1.49. The van der Waals surface area contributed by atoms with Gasteiger partial charge in [-0.05, 0) is 0 Å². The summed E-state index contributed by atoms with van der Waals surface area (Å²) in [6.45, 7) is 1.29. The molecule has 19 heavy (non-hydrogen) atoms. The van der Waals surface area contributed by atoms with Crippen LogP contribution >= 0.6 is 48.8 Å². The largest absolute Gasteiger partial charge is 0.380 e. The lowest BCUT2D eigenvalue weighted by Crippen LogP contribution is -2.12. The number of thioether (sulfide) groups is 2. The minimum absolute atomic E-state index is 0.644. The lowest BCUT2D eigenvalue weighted by molar-refractivity contribution is 0.167. The Morgan fingerprint density at radius 1 is 0.789 bits per heavy atom. The van der Waals surface area contributed by atoms with Gasteiger partial charge in [0.15, 0.2) is 0 Å². The van der Waals surface area contributed by atoms with Crippen LogP contribution in [0.4, 0.5) is 0 Å². The van der Waals surface area contributed by atoms with E-state index >= 15 is 0 Å². The van der Waals surface area contributed by atoms with Crippen LogP contribution in [-0.4, -0.2) is 58.2 Å². The number of rotatable bonds is 8. The van der Waals surface area contributed by atoms with Crippen LogP contribution in [0.15, 0.2) is 20.0 Å². The molecule has 2 aliphatic heterocycles. The van der Waals surface area contributed by atoms with Gasteiger partial charge in [0.2, 0.25) is 8.65 Å². The second kappa shape index (κ2) is 7.16. The highest BCUT2D eigenvalue weighted by molar-refractivity contribution is 8.11. The fraction of sp³-hybridized carbons (Fsp3) is 0.600. The quantitative estimate of drug-likeness (QED) is 0.405. The molecule has 0 aromatic heterocycles. The molecule has 0 amide bonds. The van der Waals surface area contributed by atoms with Crippen LogP contribution in [-0.2, 0) is 4.74 Å². The summed E-state index contributed by atoms with van der Waals surface area (Å²) in [6, 6.07) is 0. The van der Waals surface area contributed by atoms with E-state index < -0.39 is 8.65 Å². The summed E-state index contributed by atoms with van der Waals surface area (Å²) in [7, 11) is 0. The smallest absolute Gasteiger partial charge is 0.243 e. The van der Waals surface area contributed by atoms with E-state index in [9.17, 15) is 0 Å². The van der Waals surface area contributed by atoms with Gasteiger partial charge in [0.1, 0.15) is 0 Å². The summed E-state index contributed by atoms with van der Waals surface area (Å²) in [6.07, 6.45) is 6.64. The van der Waals surface area contributed by atoms with E-state index in [4.69, 9.17) is 4.74 Å². The number of aliphatic imine (C=N–C) groups is 4. The van der Waals surface area contributed by atoms with Gasteiger partial charge in [-0.2, -0.15) is 0 Å². The van der Waals surface area contributed by atoms with Crippen molar-refractivity contribution in [2.75, 3.05) is 24.7 Å². The maximum atomic E-state index is 5.53. The number of thiol groups is 2. The van der Waals surface area contributed by atoms with Crippen molar-refractivity contribution in [1.82, 2.24) is 0 Å². The third-order valence-corrected chi connectivity index (χ3v) is 5.33. The Labute approximate surface area is 131 Å². The average Bonchev–Trinajstić information content (AvgIpc) is 2.98. The van der Waals surface area contributed by atoms with Crippen molar-refractivity contribution in [3.05, 3.63) is 0 Å². The molecule has 0 aromatic carbocycles. The number of hydrogen-bond acceptors (Lipinski definition) is 9. The van der Waals surface area contributed by atoms with Crippen molar-refractivity contribution in [2.45, 2.75) is 8.65 Å². The van der Waals surface area contributed by atoms with Gasteiger partial charge in [-0.15, -0.1) is 25.3 Å². The Bertz CT molecular complexity index is 362. The van der Waals surface area contributed by atoms with E-state index in [0.717, 1.165) is 11.5 Å². The molecular weight excluding hydrogens is 320 g/mol. The molecule has 0 saturated carbocycles. The lowest BCUT2D eigenvalue weighted by Gasteiger charge is -2.16. The summed E-state index contributed by atoms with van der Waals surface area (Å²) < 4.78 is 4.22. The monoisotopic (exact) mass is 334 g/mol. The van der Waals surface area contributed by atoms with E-state index in [2.05, 4.69) is 45.2 Å². The predicted molar refractivity (Wildman–Crippen MR) is 93.1 cm³/mol. The highest BCUT2D eigenvalue weighted by atomic mass is 32.2. The second-order valence-electron chi connectivity index (χ2n) is 3.57. The molecule has 0 aromatic rings. The number of ether oxygens (including phenoxy) is 1. The van der Waals surface area contributed by atoms with E-state index in [1.807, 2.05) is 0 Å². The van der Waals surface area contributed by atoms with Gasteiger partial charge in [-0.3, -0.25) is 0 Å².